The van der Waals surface area contributed by atoms with Gasteiger partial charge in [-0.15, -0.1) is 0 Å². The van der Waals surface area contributed by atoms with Crippen molar-refractivity contribution in [2.24, 2.45) is 0 Å². The standard InChI is InChI=1S/C21H37N.C6H5Cl/c1-5-9-13-18-17-22-21(16-12-8-4)20(15-11-7-3)19(18)14-10-6-2;7-6-4-2-1-3-5-6/h17H,5-16H2,1-4H3;1-5H. The number of aromatic nitrogens is 1. The first-order valence-electron chi connectivity index (χ1n) is 11.9. The van der Waals surface area contributed by atoms with E-state index in [-0.39, 0.29) is 0 Å². The minimum Gasteiger partial charge on any atom is -0.261 e. The summed E-state index contributed by atoms with van der Waals surface area (Å²) >= 11 is 5.54. The van der Waals surface area contributed by atoms with Crippen LogP contribution in [-0.2, 0) is 25.7 Å². The van der Waals surface area contributed by atoms with E-state index < -0.39 is 0 Å². The van der Waals surface area contributed by atoms with E-state index in [9.17, 15) is 0 Å². The van der Waals surface area contributed by atoms with Gasteiger partial charge in [0.1, 0.15) is 0 Å². The van der Waals surface area contributed by atoms with Crippen molar-refractivity contribution in [3.8, 4) is 0 Å². The van der Waals surface area contributed by atoms with Gasteiger partial charge in [0, 0.05) is 16.9 Å². The second-order valence-electron chi connectivity index (χ2n) is 7.90. The van der Waals surface area contributed by atoms with Gasteiger partial charge in [0.05, 0.1) is 0 Å². The maximum absolute atomic E-state index is 5.54. The smallest absolute Gasteiger partial charge is 0.0438 e. The topological polar surface area (TPSA) is 12.9 Å². The van der Waals surface area contributed by atoms with E-state index >= 15 is 0 Å². The molecule has 0 bridgehead atoms. The minimum atomic E-state index is 0.794. The molecule has 1 aromatic heterocycles. The third kappa shape index (κ3) is 10.3. The van der Waals surface area contributed by atoms with E-state index in [1.807, 2.05) is 30.3 Å². The molecule has 2 rings (SSSR count). The summed E-state index contributed by atoms with van der Waals surface area (Å²) in [5.41, 5.74) is 6.24. The van der Waals surface area contributed by atoms with Crippen LogP contribution < -0.4 is 0 Å². The maximum Gasteiger partial charge on any atom is 0.0438 e. The third-order valence-electron chi connectivity index (χ3n) is 5.34. The van der Waals surface area contributed by atoms with Crippen molar-refractivity contribution < 1.29 is 0 Å². The second kappa shape index (κ2) is 16.5. The zero-order valence-electron chi connectivity index (χ0n) is 19.3. The number of pyridine rings is 1. The van der Waals surface area contributed by atoms with Crippen LogP contribution in [0.15, 0.2) is 36.5 Å². The Labute approximate surface area is 185 Å². The Morgan fingerprint density at radius 3 is 1.69 bits per heavy atom. The van der Waals surface area contributed by atoms with Crippen molar-refractivity contribution in [1.29, 1.82) is 0 Å². The Balaban J connectivity index is 0.000000502. The summed E-state index contributed by atoms with van der Waals surface area (Å²) in [6, 6.07) is 9.44. The SMILES string of the molecule is CCCCc1cnc(CCCC)c(CCCC)c1CCCC.Clc1ccccc1. The molecule has 0 amide bonds. The van der Waals surface area contributed by atoms with Crippen LogP contribution in [0.4, 0.5) is 0 Å². The quantitative estimate of drug-likeness (QED) is 0.337. The summed E-state index contributed by atoms with van der Waals surface area (Å²) in [4.78, 5) is 4.89. The largest absolute Gasteiger partial charge is 0.261 e. The molecule has 162 valence electrons. The Bertz CT molecular complexity index is 612. The highest BCUT2D eigenvalue weighted by atomic mass is 35.5. The van der Waals surface area contributed by atoms with Gasteiger partial charge in [0.25, 0.3) is 0 Å². The number of benzene rings is 1. The number of rotatable bonds is 12. The van der Waals surface area contributed by atoms with E-state index in [1.165, 1.54) is 82.7 Å². The van der Waals surface area contributed by atoms with Crippen molar-refractivity contribution in [2.45, 2.75) is 105 Å². The van der Waals surface area contributed by atoms with Crippen LogP contribution in [0.5, 0.6) is 0 Å². The van der Waals surface area contributed by atoms with Crippen LogP contribution in [0.2, 0.25) is 5.02 Å². The summed E-state index contributed by atoms with van der Waals surface area (Å²) in [7, 11) is 0. The lowest BCUT2D eigenvalue weighted by Gasteiger charge is -2.18. The molecule has 0 fully saturated rings. The van der Waals surface area contributed by atoms with Crippen molar-refractivity contribution in [3.63, 3.8) is 0 Å². The first-order valence-corrected chi connectivity index (χ1v) is 12.2. The average molecular weight is 416 g/mol. The summed E-state index contributed by atoms with van der Waals surface area (Å²) < 4.78 is 0. The highest BCUT2D eigenvalue weighted by molar-refractivity contribution is 6.30. The molecule has 0 spiro atoms. The molecule has 29 heavy (non-hydrogen) atoms. The van der Waals surface area contributed by atoms with Gasteiger partial charge >= 0.3 is 0 Å². The molecule has 0 aliphatic heterocycles. The van der Waals surface area contributed by atoms with Gasteiger partial charge in [-0.2, -0.15) is 0 Å². The zero-order valence-corrected chi connectivity index (χ0v) is 20.0. The molecular formula is C27H42ClN. The van der Waals surface area contributed by atoms with Crippen LogP contribution in [0.1, 0.15) is 101 Å². The predicted molar refractivity (Wildman–Crippen MR) is 130 cm³/mol. The van der Waals surface area contributed by atoms with Crippen molar-refractivity contribution in [3.05, 3.63) is 63.9 Å². The highest BCUT2D eigenvalue weighted by Crippen LogP contribution is 2.24. The molecule has 1 aromatic carbocycles. The summed E-state index contributed by atoms with van der Waals surface area (Å²) in [6.07, 6.45) is 17.4. The van der Waals surface area contributed by atoms with Crippen LogP contribution in [0, 0.1) is 0 Å². The van der Waals surface area contributed by atoms with Crippen LogP contribution >= 0.6 is 11.6 Å². The summed E-state index contributed by atoms with van der Waals surface area (Å²) in [6.45, 7) is 9.16. The number of halogens is 1. The third-order valence-corrected chi connectivity index (χ3v) is 5.59. The molecule has 0 saturated carbocycles. The fourth-order valence-electron chi connectivity index (χ4n) is 3.55. The molecule has 0 radical (unpaired) electrons. The molecule has 2 aromatic rings. The Hall–Kier alpha value is -1.34. The van der Waals surface area contributed by atoms with Crippen LogP contribution in [0.25, 0.3) is 0 Å². The number of nitrogens with zero attached hydrogens (tertiary/aromatic N) is 1. The van der Waals surface area contributed by atoms with Gasteiger partial charge in [0.15, 0.2) is 0 Å². The molecule has 0 aliphatic rings. The van der Waals surface area contributed by atoms with Gasteiger partial charge in [0.2, 0.25) is 0 Å². The first-order chi connectivity index (χ1) is 14.2. The number of hydrogen-bond donors (Lipinski definition) is 0. The molecular weight excluding hydrogens is 374 g/mol. The van der Waals surface area contributed by atoms with Gasteiger partial charge in [-0.25, -0.2) is 0 Å². The lowest BCUT2D eigenvalue weighted by molar-refractivity contribution is 0.703. The van der Waals surface area contributed by atoms with E-state index in [4.69, 9.17) is 16.6 Å². The predicted octanol–water partition coefficient (Wildman–Crippen LogP) is 8.79. The number of unbranched alkanes of at least 4 members (excludes halogenated alkanes) is 4. The van der Waals surface area contributed by atoms with Gasteiger partial charge in [-0.1, -0.05) is 83.2 Å². The van der Waals surface area contributed by atoms with Crippen molar-refractivity contribution in [1.82, 2.24) is 4.98 Å². The monoisotopic (exact) mass is 415 g/mol. The minimum absolute atomic E-state index is 0.794. The normalized spacial score (nSPS) is 10.5. The fraction of sp³-hybridized carbons (Fsp3) is 0.593. The molecule has 0 N–H and O–H groups in total. The summed E-state index contributed by atoms with van der Waals surface area (Å²) in [5, 5.41) is 0.794. The molecule has 0 aliphatic carbocycles. The Morgan fingerprint density at radius 1 is 0.655 bits per heavy atom. The molecule has 1 nitrogen and oxygen atoms in total. The maximum atomic E-state index is 5.54. The molecule has 0 saturated heterocycles. The fourth-order valence-corrected chi connectivity index (χ4v) is 3.70. The number of aryl methyl sites for hydroxylation is 2. The van der Waals surface area contributed by atoms with Crippen LogP contribution in [0.3, 0.4) is 0 Å². The second-order valence-corrected chi connectivity index (χ2v) is 8.33. The zero-order chi connectivity index (χ0) is 21.3. The van der Waals surface area contributed by atoms with Crippen LogP contribution in [-0.4, -0.2) is 4.98 Å². The van der Waals surface area contributed by atoms with E-state index in [0.717, 1.165) is 5.02 Å². The molecule has 2 heteroatoms. The Morgan fingerprint density at radius 2 is 1.17 bits per heavy atom. The van der Waals surface area contributed by atoms with Gasteiger partial charge < -0.3 is 0 Å². The average Bonchev–Trinajstić information content (AvgIpc) is 2.75. The lowest BCUT2D eigenvalue weighted by atomic mass is 9.90. The van der Waals surface area contributed by atoms with Crippen molar-refractivity contribution in [2.75, 3.05) is 0 Å². The van der Waals surface area contributed by atoms with Gasteiger partial charge in [-0.05, 0) is 80.2 Å². The number of hydrogen-bond acceptors (Lipinski definition) is 1. The van der Waals surface area contributed by atoms with E-state index in [1.54, 1.807) is 16.7 Å². The van der Waals surface area contributed by atoms with Crippen molar-refractivity contribution >= 4 is 11.6 Å². The first kappa shape index (κ1) is 25.7. The van der Waals surface area contributed by atoms with E-state index in [2.05, 4.69) is 33.9 Å². The molecule has 1 heterocycles. The van der Waals surface area contributed by atoms with E-state index in [0.29, 0.717) is 0 Å². The van der Waals surface area contributed by atoms with Gasteiger partial charge in [-0.3, -0.25) is 4.98 Å². The lowest BCUT2D eigenvalue weighted by Crippen LogP contribution is -2.08. The Kier molecular flexibility index (Phi) is 14.6. The summed E-state index contributed by atoms with van der Waals surface area (Å²) in [5.74, 6) is 0. The highest BCUT2D eigenvalue weighted by Gasteiger charge is 2.14. The molecule has 0 atom stereocenters. The molecule has 0 unspecified atom stereocenters.